The van der Waals surface area contributed by atoms with Crippen LogP contribution in [0, 0.1) is 0 Å². The number of carbonyl (C=O) groups excluding carboxylic acids is 1. The van der Waals surface area contributed by atoms with Crippen molar-refractivity contribution in [2.75, 3.05) is 11.6 Å². The molecule has 11 heteroatoms. The Hall–Kier alpha value is -2.81. The van der Waals surface area contributed by atoms with Crippen LogP contribution >= 0.6 is 0 Å². The molecule has 0 unspecified atom stereocenters. The number of carbonyl (C=O) groups is 1. The Labute approximate surface area is 194 Å². The minimum Gasteiger partial charge on any atom is -0.368 e. The summed E-state index contributed by atoms with van der Waals surface area (Å²) in [5.41, 5.74) is -1.59. The van der Waals surface area contributed by atoms with Gasteiger partial charge in [-0.1, -0.05) is 6.07 Å². The van der Waals surface area contributed by atoms with Crippen molar-refractivity contribution in [2.45, 2.75) is 48.1 Å². The molecule has 1 aromatic carbocycles. The largest absolute Gasteiger partial charge is 0.368 e. The molecule has 1 aliphatic carbocycles. The molecule has 4 rings (SSSR count). The number of hydrogen-bond acceptors (Lipinski definition) is 5. The average molecular weight is 464 g/mol. The predicted molar refractivity (Wildman–Crippen MR) is 126 cm³/mol. The molecule has 1 amide bonds. The van der Waals surface area contributed by atoms with Crippen molar-refractivity contribution < 1.29 is 17.6 Å². The molecule has 1 aliphatic rings. The summed E-state index contributed by atoms with van der Waals surface area (Å²) in [4.78, 5) is 16.9. The number of alkyl halides is 1. The number of imidazole rings is 1. The number of pyridine rings is 1. The van der Waals surface area contributed by atoms with E-state index >= 15 is 0 Å². The van der Waals surface area contributed by atoms with Crippen molar-refractivity contribution in [2.24, 2.45) is 0 Å². The molecule has 7 nitrogen and oxygen atoms in total. The lowest BCUT2D eigenvalue weighted by Crippen LogP contribution is -2.40. The van der Waals surface area contributed by atoms with Gasteiger partial charge in [-0.2, -0.15) is 0 Å². The van der Waals surface area contributed by atoms with Gasteiger partial charge in [0.1, 0.15) is 27.2 Å². The van der Waals surface area contributed by atoms with Gasteiger partial charge in [-0.15, -0.1) is 0 Å². The Bertz CT molecular complexity index is 1270. The Morgan fingerprint density at radius 1 is 1.09 bits per heavy atom. The van der Waals surface area contributed by atoms with E-state index in [1.807, 2.05) is 12.1 Å². The van der Waals surface area contributed by atoms with Gasteiger partial charge in [-0.25, -0.2) is 13.4 Å². The standard InChI is InChI=1S/C22H23B2FN4O3S/c1-33(31,32)17-11-5-14(6-12-17)21(30)27-16-9-7-15(8-10-16)26-19-3-2-4-20-28-18(13-29(19)20)22(23,24)25/h2-6,11-13,15-16,26H,7-10H2,1H3,(H,27,30). The summed E-state index contributed by atoms with van der Waals surface area (Å²) in [7, 11) is 7.36. The number of nitrogens with one attached hydrogen (secondary N) is 2. The molecule has 0 spiro atoms. The number of rotatable bonds is 6. The van der Waals surface area contributed by atoms with Crippen LogP contribution in [0.15, 0.2) is 53.6 Å². The maximum absolute atomic E-state index is 13.9. The zero-order valence-corrected chi connectivity index (χ0v) is 19.0. The molecular formula is C22H23B2FN4O3S. The molecule has 1 fully saturated rings. The number of fused-ring (bicyclic) bond motifs is 1. The topological polar surface area (TPSA) is 92.6 Å². The molecule has 0 saturated heterocycles. The lowest BCUT2D eigenvalue weighted by molar-refractivity contribution is 0.0926. The summed E-state index contributed by atoms with van der Waals surface area (Å²) >= 11 is 0. The summed E-state index contributed by atoms with van der Waals surface area (Å²) < 4.78 is 38.8. The first-order chi connectivity index (χ1) is 15.5. The van der Waals surface area contributed by atoms with Gasteiger partial charge in [-0.3, -0.25) is 13.6 Å². The average Bonchev–Trinajstić information content (AvgIpc) is 3.21. The summed E-state index contributed by atoms with van der Waals surface area (Å²) in [6.45, 7) is 0. The van der Waals surface area contributed by atoms with Crippen LogP contribution in [-0.4, -0.2) is 57.7 Å². The van der Waals surface area contributed by atoms with Crippen molar-refractivity contribution in [3.8, 4) is 0 Å². The smallest absolute Gasteiger partial charge is 0.251 e. The Morgan fingerprint density at radius 3 is 2.33 bits per heavy atom. The first-order valence-electron chi connectivity index (χ1n) is 10.6. The third-order valence-electron chi connectivity index (χ3n) is 5.84. The maximum Gasteiger partial charge on any atom is 0.251 e. The number of nitrogens with zero attached hydrogens (tertiary/aromatic N) is 2. The van der Waals surface area contributed by atoms with Crippen LogP contribution in [0.4, 0.5) is 10.2 Å². The van der Waals surface area contributed by atoms with Crippen LogP contribution in [0.1, 0.15) is 41.7 Å². The number of halogens is 1. The highest BCUT2D eigenvalue weighted by Gasteiger charge is 2.25. The number of hydrogen-bond donors (Lipinski definition) is 2. The first-order valence-corrected chi connectivity index (χ1v) is 12.5. The van der Waals surface area contributed by atoms with Gasteiger partial charge in [-0.05, 0) is 62.1 Å². The third-order valence-corrected chi connectivity index (χ3v) is 6.97. The number of aromatic nitrogens is 2. The highest BCUT2D eigenvalue weighted by atomic mass is 32.2. The van der Waals surface area contributed by atoms with Gasteiger partial charge in [0.2, 0.25) is 0 Å². The fourth-order valence-electron chi connectivity index (χ4n) is 4.03. The maximum atomic E-state index is 13.9. The molecule has 2 aromatic heterocycles. The van der Waals surface area contributed by atoms with Crippen LogP contribution in [0.25, 0.3) is 5.65 Å². The minimum atomic E-state index is -3.30. The SMILES string of the molecule is [B]C([B])(F)c1cn2c(NC3CCC(NC(=O)c4ccc(S(C)(=O)=O)cc4)CC3)cccc2n1. The molecule has 3 aromatic rings. The van der Waals surface area contributed by atoms with Gasteiger partial charge in [0.05, 0.1) is 16.1 Å². The van der Waals surface area contributed by atoms with Crippen molar-refractivity contribution in [1.82, 2.24) is 14.7 Å². The van der Waals surface area contributed by atoms with Gasteiger partial charge in [0, 0.05) is 30.1 Å². The lowest BCUT2D eigenvalue weighted by atomic mass is 9.65. The second kappa shape index (κ2) is 8.85. The van der Waals surface area contributed by atoms with Crippen LogP contribution in [-0.2, 0) is 15.3 Å². The van der Waals surface area contributed by atoms with Gasteiger partial charge in [0.15, 0.2) is 9.84 Å². The van der Waals surface area contributed by atoms with E-state index in [4.69, 9.17) is 15.7 Å². The zero-order valence-electron chi connectivity index (χ0n) is 18.2. The highest BCUT2D eigenvalue weighted by Crippen LogP contribution is 2.25. The van der Waals surface area contributed by atoms with Crippen molar-refractivity contribution in [3.05, 3.63) is 59.9 Å². The fourth-order valence-corrected chi connectivity index (χ4v) is 4.66. The molecule has 0 aliphatic heterocycles. The van der Waals surface area contributed by atoms with Gasteiger partial charge in [0.25, 0.3) is 5.91 Å². The Kier molecular flexibility index (Phi) is 6.26. The van der Waals surface area contributed by atoms with E-state index < -0.39 is 15.3 Å². The number of benzene rings is 1. The molecule has 0 bridgehead atoms. The fraction of sp³-hybridized carbons (Fsp3) is 0.364. The summed E-state index contributed by atoms with van der Waals surface area (Å²) in [5, 5.41) is 6.49. The van der Waals surface area contributed by atoms with Crippen LogP contribution in [0.5, 0.6) is 0 Å². The number of anilines is 1. The van der Waals surface area contributed by atoms with E-state index in [-0.39, 0.29) is 28.6 Å². The third kappa shape index (κ3) is 5.40. The van der Waals surface area contributed by atoms with Gasteiger partial charge < -0.3 is 10.6 Å². The second-order valence-electron chi connectivity index (χ2n) is 8.50. The molecule has 1 saturated carbocycles. The van der Waals surface area contributed by atoms with E-state index in [1.165, 1.54) is 30.5 Å². The van der Waals surface area contributed by atoms with Gasteiger partial charge >= 0.3 is 0 Å². The van der Waals surface area contributed by atoms with Crippen molar-refractivity contribution in [3.63, 3.8) is 0 Å². The quantitative estimate of drug-likeness (QED) is 0.547. The molecule has 0 atom stereocenters. The summed E-state index contributed by atoms with van der Waals surface area (Å²) in [6.07, 6.45) is 5.85. The molecule has 168 valence electrons. The second-order valence-corrected chi connectivity index (χ2v) is 10.5. The van der Waals surface area contributed by atoms with Crippen molar-refractivity contribution in [1.29, 1.82) is 0 Å². The molecular weight excluding hydrogens is 441 g/mol. The summed E-state index contributed by atoms with van der Waals surface area (Å²) in [6, 6.07) is 11.6. The first kappa shape index (κ1) is 23.4. The van der Waals surface area contributed by atoms with E-state index in [0.29, 0.717) is 11.2 Å². The van der Waals surface area contributed by atoms with Crippen molar-refractivity contribution >= 4 is 42.9 Å². The highest BCUT2D eigenvalue weighted by molar-refractivity contribution is 7.90. The van der Waals surface area contributed by atoms with Crippen LogP contribution in [0.2, 0.25) is 0 Å². The normalized spacial score (nSPS) is 19.3. The Morgan fingerprint density at radius 2 is 1.73 bits per heavy atom. The van der Waals surface area contributed by atoms with E-state index in [2.05, 4.69) is 15.6 Å². The molecule has 2 N–H and O–H groups in total. The van der Waals surface area contributed by atoms with E-state index in [1.54, 1.807) is 10.5 Å². The van der Waals surface area contributed by atoms with Crippen LogP contribution in [0.3, 0.4) is 0 Å². The molecule has 4 radical (unpaired) electrons. The lowest BCUT2D eigenvalue weighted by Gasteiger charge is -2.30. The van der Waals surface area contributed by atoms with Crippen LogP contribution < -0.4 is 10.6 Å². The predicted octanol–water partition coefficient (Wildman–Crippen LogP) is 2.31. The number of sulfone groups is 1. The summed E-state index contributed by atoms with van der Waals surface area (Å²) in [5.74, 6) is 0.536. The van der Waals surface area contributed by atoms with E-state index in [0.717, 1.165) is 37.8 Å². The minimum absolute atomic E-state index is 0.0300. The monoisotopic (exact) mass is 464 g/mol. The zero-order chi connectivity index (χ0) is 23.8. The van der Waals surface area contributed by atoms with E-state index in [9.17, 15) is 17.6 Å². The molecule has 2 heterocycles. The molecule has 33 heavy (non-hydrogen) atoms. The number of amides is 1. The Balaban J connectivity index is 1.35.